The number of ether oxygens (including phenoxy) is 2. The van der Waals surface area contributed by atoms with Crippen molar-refractivity contribution in [3.05, 3.63) is 0 Å². The van der Waals surface area contributed by atoms with Gasteiger partial charge in [0.05, 0.1) is 7.11 Å². The van der Waals surface area contributed by atoms with E-state index in [1.165, 1.54) is 7.11 Å². The second-order valence-electron chi connectivity index (χ2n) is 5.77. The molecule has 1 atom stereocenters. The summed E-state index contributed by atoms with van der Waals surface area (Å²) < 4.78 is 9.50. The quantitative estimate of drug-likeness (QED) is 0.739. The SMILES string of the molecule is COC(=O)C(O)C(C)(C)CNC(=O)OC(C)(C)C. The van der Waals surface area contributed by atoms with Crippen LogP contribution in [0.3, 0.4) is 0 Å². The van der Waals surface area contributed by atoms with Gasteiger partial charge in [-0.3, -0.25) is 0 Å². The molecule has 6 heteroatoms. The van der Waals surface area contributed by atoms with Gasteiger partial charge in [0.2, 0.25) is 0 Å². The third-order valence-electron chi connectivity index (χ3n) is 2.25. The summed E-state index contributed by atoms with van der Waals surface area (Å²) in [6, 6.07) is 0. The summed E-state index contributed by atoms with van der Waals surface area (Å²) in [4.78, 5) is 22.7. The Bertz CT molecular complexity index is 306. The van der Waals surface area contributed by atoms with Crippen LogP contribution in [-0.4, -0.2) is 42.5 Å². The number of methoxy groups -OCH3 is 1. The molecule has 0 rings (SSSR count). The van der Waals surface area contributed by atoms with Gasteiger partial charge in [0.15, 0.2) is 6.10 Å². The van der Waals surface area contributed by atoms with Gasteiger partial charge in [0, 0.05) is 12.0 Å². The summed E-state index contributed by atoms with van der Waals surface area (Å²) >= 11 is 0. The minimum absolute atomic E-state index is 0.0954. The normalized spacial score (nSPS) is 13.7. The molecule has 0 fully saturated rings. The van der Waals surface area contributed by atoms with Crippen LogP contribution in [0.4, 0.5) is 4.79 Å². The Morgan fingerprint density at radius 3 is 2.11 bits per heavy atom. The first-order valence-corrected chi connectivity index (χ1v) is 5.72. The molecule has 0 aliphatic rings. The average molecular weight is 261 g/mol. The maximum absolute atomic E-state index is 11.4. The van der Waals surface area contributed by atoms with E-state index in [2.05, 4.69) is 10.1 Å². The zero-order valence-corrected chi connectivity index (χ0v) is 11.9. The third kappa shape index (κ3) is 5.86. The standard InChI is InChI=1S/C12H23NO5/c1-11(2,3)18-10(16)13-7-12(4,5)8(14)9(15)17-6/h8,14H,7H2,1-6H3,(H,13,16). The number of carbonyl (C=O) groups is 2. The molecule has 2 N–H and O–H groups in total. The minimum Gasteiger partial charge on any atom is -0.467 e. The highest BCUT2D eigenvalue weighted by atomic mass is 16.6. The molecule has 1 unspecified atom stereocenters. The number of carbonyl (C=O) groups excluding carboxylic acids is 2. The maximum Gasteiger partial charge on any atom is 0.407 e. The number of aliphatic hydroxyl groups excluding tert-OH is 1. The second kappa shape index (κ2) is 6.04. The molecule has 6 nitrogen and oxygen atoms in total. The lowest BCUT2D eigenvalue weighted by Crippen LogP contribution is -2.46. The Kier molecular flexibility index (Phi) is 5.60. The van der Waals surface area contributed by atoms with Crippen molar-refractivity contribution in [1.82, 2.24) is 5.32 Å². The summed E-state index contributed by atoms with van der Waals surface area (Å²) in [6.07, 6.45) is -1.90. The zero-order chi connectivity index (χ0) is 14.6. The number of hydrogen-bond acceptors (Lipinski definition) is 5. The van der Waals surface area contributed by atoms with Crippen molar-refractivity contribution in [2.75, 3.05) is 13.7 Å². The van der Waals surface area contributed by atoms with E-state index in [0.717, 1.165) is 0 Å². The Balaban J connectivity index is 4.35. The molecular weight excluding hydrogens is 238 g/mol. The molecule has 106 valence electrons. The van der Waals surface area contributed by atoms with Gasteiger partial charge in [-0.25, -0.2) is 9.59 Å². The van der Waals surface area contributed by atoms with Crippen molar-refractivity contribution in [2.24, 2.45) is 5.41 Å². The first-order valence-electron chi connectivity index (χ1n) is 5.72. The van der Waals surface area contributed by atoms with E-state index in [9.17, 15) is 14.7 Å². The van der Waals surface area contributed by atoms with E-state index in [0.29, 0.717) is 0 Å². The van der Waals surface area contributed by atoms with Crippen LogP contribution in [0.2, 0.25) is 0 Å². The van der Waals surface area contributed by atoms with Crippen molar-refractivity contribution in [3.8, 4) is 0 Å². The molecule has 0 heterocycles. The first kappa shape index (κ1) is 16.7. The van der Waals surface area contributed by atoms with Crippen LogP contribution in [0, 0.1) is 5.41 Å². The number of hydrogen-bond donors (Lipinski definition) is 2. The van der Waals surface area contributed by atoms with Crippen molar-refractivity contribution in [2.45, 2.75) is 46.3 Å². The highest BCUT2D eigenvalue weighted by Gasteiger charge is 2.35. The first-order chi connectivity index (χ1) is 7.99. The van der Waals surface area contributed by atoms with Crippen LogP contribution in [0.1, 0.15) is 34.6 Å². The molecule has 0 saturated carbocycles. The molecule has 0 bridgehead atoms. The van der Waals surface area contributed by atoms with Gasteiger partial charge in [-0.1, -0.05) is 13.8 Å². The zero-order valence-electron chi connectivity index (χ0n) is 11.9. The number of nitrogens with one attached hydrogen (secondary N) is 1. The summed E-state index contributed by atoms with van der Waals surface area (Å²) in [7, 11) is 1.20. The summed E-state index contributed by atoms with van der Waals surface area (Å²) in [5.74, 6) is -0.731. The molecule has 0 spiro atoms. The summed E-state index contributed by atoms with van der Waals surface area (Å²) in [5.41, 5.74) is -1.43. The minimum atomic E-state index is -1.31. The van der Waals surface area contributed by atoms with Gasteiger partial charge < -0.3 is 19.9 Å². The number of rotatable bonds is 4. The molecule has 0 aliphatic carbocycles. The van der Waals surface area contributed by atoms with E-state index in [-0.39, 0.29) is 6.54 Å². The Morgan fingerprint density at radius 1 is 1.22 bits per heavy atom. The molecule has 1 amide bonds. The van der Waals surface area contributed by atoms with Gasteiger partial charge in [0.25, 0.3) is 0 Å². The molecule has 0 aromatic carbocycles. The Labute approximate surface area is 108 Å². The third-order valence-corrected chi connectivity index (χ3v) is 2.25. The fourth-order valence-corrected chi connectivity index (χ4v) is 1.14. The topological polar surface area (TPSA) is 84.9 Å². The molecule has 18 heavy (non-hydrogen) atoms. The number of alkyl carbamates (subject to hydrolysis) is 1. The number of esters is 1. The van der Waals surface area contributed by atoms with Crippen LogP contribution in [-0.2, 0) is 14.3 Å². The number of aliphatic hydroxyl groups is 1. The van der Waals surface area contributed by atoms with Gasteiger partial charge in [-0.05, 0) is 20.8 Å². The summed E-state index contributed by atoms with van der Waals surface area (Å²) in [6.45, 7) is 8.64. The van der Waals surface area contributed by atoms with Gasteiger partial charge in [-0.2, -0.15) is 0 Å². The van der Waals surface area contributed by atoms with Crippen LogP contribution in [0.5, 0.6) is 0 Å². The smallest absolute Gasteiger partial charge is 0.407 e. The van der Waals surface area contributed by atoms with Crippen LogP contribution < -0.4 is 5.32 Å². The molecular formula is C12H23NO5. The van der Waals surface area contributed by atoms with Crippen LogP contribution in [0.25, 0.3) is 0 Å². The van der Waals surface area contributed by atoms with Crippen LogP contribution in [0.15, 0.2) is 0 Å². The van der Waals surface area contributed by atoms with E-state index in [4.69, 9.17) is 4.74 Å². The van der Waals surface area contributed by atoms with Gasteiger partial charge in [0.1, 0.15) is 5.60 Å². The Hall–Kier alpha value is -1.30. The molecule has 0 aromatic rings. The number of amides is 1. The van der Waals surface area contributed by atoms with Gasteiger partial charge >= 0.3 is 12.1 Å². The fraction of sp³-hybridized carbons (Fsp3) is 0.833. The molecule has 0 aromatic heterocycles. The predicted molar refractivity (Wildman–Crippen MR) is 66.0 cm³/mol. The predicted octanol–water partition coefficient (Wildman–Crippen LogP) is 1.07. The lowest BCUT2D eigenvalue weighted by atomic mass is 9.86. The van der Waals surface area contributed by atoms with Crippen molar-refractivity contribution < 1.29 is 24.2 Å². The lowest BCUT2D eigenvalue weighted by Gasteiger charge is -2.29. The van der Waals surface area contributed by atoms with Crippen molar-refractivity contribution >= 4 is 12.1 Å². The Morgan fingerprint density at radius 2 is 1.72 bits per heavy atom. The van der Waals surface area contributed by atoms with E-state index >= 15 is 0 Å². The fourth-order valence-electron chi connectivity index (χ4n) is 1.14. The second-order valence-corrected chi connectivity index (χ2v) is 5.77. The van der Waals surface area contributed by atoms with Gasteiger partial charge in [-0.15, -0.1) is 0 Å². The maximum atomic E-state index is 11.4. The van der Waals surface area contributed by atoms with E-state index in [1.54, 1.807) is 34.6 Å². The van der Waals surface area contributed by atoms with Crippen molar-refractivity contribution in [3.63, 3.8) is 0 Å². The molecule has 0 radical (unpaired) electrons. The van der Waals surface area contributed by atoms with E-state index in [1.807, 2.05) is 0 Å². The molecule has 0 aliphatic heterocycles. The average Bonchev–Trinajstić information content (AvgIpc) is 2.22. The highest BCUT2D eigenvalue weighted by Crippen LogP contribution is 2.20. The summed E-state index contributed by atoms with van der Waals surface area (Å²) in [5, 5.41) is 12.2. The van der Waals surface area contributed by atoms with Crippen LogP contribution >= 0.6 is 0 Å². The highest BCUT2D eigenvalue weighted by molar-refractivity contribution is 5.75. The van der Waals surface area contributed by atoms with Crippen molar-refractivity contribution in [1.29, 1.82) is 0 Å². The lowest BCUT2D eigenvalue weighted by molar-refractivity contribution is -0.156. The van der Waals surface area contributed by atoms with E-state index < -0.39 is 29.2 Å². The largest absolute Gasteiger partial charge is 0.467 e. The molecule has 0 saturated heterocycles. The monoisotopic (exact) mass is 261 g/mol.